The van der Waals surface area contributed by atoms with Crippen LogP contribution in [0.1, 0.15) is 5.01 Å². The van der Waals surface area contributed by atoms with Crippen LogP contribution < -0.4 is 4.74 Å². The molecule has 0 aromatic carbocycles. The molecule has 0 saturated heterocycles. The third kappa shape index (κ3) is 2.75. The van der Waals surface area contributed by atoms with E-state index in [9.17, 15) is 8.78 Å². The van der Waals surface area contributed by atoms with Crippen LogP contribution in [-0.4, -0.2) is 23.2 Å². The number of halogens is 2. The summed E-state index contributed by atoms with van der Waals surface area (Å²) in [6.07, 6.45) is -2.46. The zero-order valence-corrected chi connectivity index (χ0v) is 6.57. The number of ether oxygens (including phenoxy) is 1. The van der Waals surface area contributed by atoms with Crippen LogP contribution in [0.4, 0.5) is 8.78 Å². The molecule has 0 bridgehead atoms. The average Bonchev–Trinajstić information content (AvgIpc) is 2.31. The lowest BCUT2D eigenvalue weighted by Crippen LogP contribution is -2.06. The van der Waals surface area contributed by atoms with Gasteiger partial charge in [0.2, 0.25) is 0 Å². The molecule has 0 radical (unpaired) electrons. The standard InChI is InChI=1S/C5H6F2N2OS/c1-3-8-9-5(11-3)10-2-4(6)7/h4H,2H2,1H3. The molecular formula is C5H6F2N2OS. The van der Waals surface area contributed by atoms with E-state index >= 15 is 0 Å². The normalized spacial score (nSPS) is 10.5. The number of nitrogens with zero attached hydrogens (tertiary/aromatic N) is 2. The van der Waals surface area contributed by atoms with Gasteiger partial charge in [-0.3, -0.25) is 0 Å². The van der Waals surface area contributed by atoms with Crippen molar-refractivity contribution in [1.82, 2.24) is 10.2 Å². The van der Waals surface area contributed by atoms with Gasteiger partial charge in [-0.2, -0.15) is 0 Å². The van der Waals surface area contributed by atoms with Crippen molar-refractivity contribution in [2.45, 2.75) is 13.3 Å². The van der Waals surface area contributed by atoms with E-state index in [1.54, 1.807) is 6.92 Å². The highest BCUT2D eigenvalue weighted by molar-refractivity contribution is 7.12. The van der Waals surface area contributed by atoms with Crippen molar-refractivity contribution < 1.29 is 13.5 Å². The van der Waals surface area contributed by atoms with Gasteiger partial charge in [0, 0.05) is 0 Å². The van der Waals surface area contributed by atoms with Crippen LogP contribution in [0.3, 0.4) is 0 Å². The van der Waals surface area contributed by atoms with Crippen LogP contribution in [0.2, 0.25) is 0 Å². The predicted octanol–water partition coefficient (Wildman–Crippen LogP) is 1.49. The van der Waals surface area contributed by atoms with E-state index in [4.69, 9.17) is 0 Å². The van der Waals surface area contributed by atoms with Gasteiger partial charge in [-0.25, -0.2) is 8.78 Å². The Balaban J connectivity index is 2.39. The predicted molar refractivity (Wildman–Crippen MR) is 36.1 cm³/mol. The Bertz CT molecular complexity index is 228. The Morgan fingerprint density at radius 2 is 2.27 bits per heavy atom. The van der Waals surface area contributed by atoms with Gasteiger partial charge in [-0.15, -0.1) is 10.2 Å². The molecule has 0 aliphatic carbocycles. The topological polar surface area (TPSA) is 35.0 Å². The zero-order valence-electron chi connectivity index (χ0n) is 5.75. The monoisotopic (exact) mass is 180 g/mol. The average molecular weight is 180 g/mol. The first-order valence-corrected chi connectivity index (χ1v) is 3.71. The van der Waals surface area contributed by atoms with E-state index in [2.05, 4.69) is 14.9 Å². The summed E-state index contributed by atoms with van der Waals surface area (Å²) in [5.74, 6) is 0. The summed E-state index contributed by atoms with van der Waals surface area (Å²) in [5.41, 5.74) is 0. The molecule has 0 aliphatic heterocycles. The van der Waals surface area contributed by atoms with Gasteiger partial charge in [-0.1, -0.05) is 11.3 Å². The lowest BCUT2D eigenvalue weighted by molar-refractivity contribution is 0.0814. The summed E-state index contributed by atoms with van der Waals surface area (Å²) in [4.78, 5) is 0. The number of aromatic nitrogens is 2. The molecule has 6 heteroatoms. The van der Waals surface area contributed by atoms with Gasteiger partial charge < -0.3 is 4.74 Å². The summed E-state index contributed by atoms with van der Waals surface area (Å²) < 4.78 is 27.7. The quantitative estimate of drug-likeness (QED) is 0.706. The second-order valence-corrected chi connectivity index (χ2v) is 2.93. The van der Waals surface area contributed by atoms with Gasteiger partial charge in [0.15, 0.2) is 6.61 Å². The van der Waals surface area contributed by atoms with Crippen LogP contribution in [0.5, 0.6) is 5.19 Å². The molecule has 0 unspecified atom stereocenters. The first-order valence-electron chi connectivity index (χ1n) is 2.89. The second kappa shape index (κ2) is 3.56. The molecular weight excluding hydrogens is 174 g/mol. The highest BCUT2D eigenvalue weighted by Crippen LogP contribution is 2.16. The third-order valence-electron chi connectivity index (χ3n) is 0.840. The number of aryl methyl sites for hydroxylation is 1. The first-order chi connectivity index (χ1) is 5.18. The van der Waals surface area contributed by atoms with Gasteiger partial charge in [0.25, 0.3) is 11.6 Å². The van der Waals surface area contributed by atoms with Crippen molar-refractivity contribution in [3.8, 4) is 5.19 Å². The number of hydrogen-bond donors (Lipinski definition) is 0. The molecule has 0 saturated carbocycles. The number of alkyl halides is 2. The van der Waals surface area contributed by atoms with Gasteiger partial charge in [0.1, 0.15) is 5.01 Å². The van der Waals surface area contributed by atoms with Crippen molar-refractivity contribution in [3.63, 3.8) is 0 Å². The maximum absolute atomic E-state index is 11.6. The fourth-order valence-corrected chi connectivity index (χ4v) is 1.01. The van der Waals surface area contributed by atoms with E-state index in [0.717, 1.165) is 11.3 Å². The van der Waals surface area contributed by atoms with Crippen molar-refractivity contribution in [2.24, 2.45) is 0 Å². The van der Waals surface area contributed by atoms with E-state index < -0.39 is 13.0 Å². The van der Waals surface area contributed by atoms with Gasteiger partial charge in [0.05, 0.1) is 0 Å². The fourth-order valence-electron chi connectivity index (χ4n) is 0.471. The van der Waals surface area contributed by atoms with E-state index in [1.165, 1.54) is 0 Å². The third-order valence-corrected chi connectivity index (χ3v) is 1.59. The molecule has 0 N–H and O–H groups in total. The van der Waals surface area contributed by atoms with E-state index in [-0.39, 0.29) is 5.19 Å². The van der Waals surface area contributed by atoms with Crippen molar-refractivity contribution in [2.75, 3.05) is 6.61 Å². The molecule has 1 aromatic rings. The molecule has 3 nitrogen and oxygen atoms in total. The molecule has 62 valence electrons. The van der Waals surface area contributed by atoms with Gasteiger partial charge >= 0.3 is 0 Å². The van der Waals surface area contributed by atoms with Crippen LogP contribution in [0.15, 0.2) is 0 Å². The minimum atomic E-state index is -2.46. The largest absolute Gasteiger partial charge is 0.463 e. The molecule has 0 aliphatic rings. The highest BCUT2D eigenvalue weighted by Gasteiger charge is 2.06. The molecule has 0 spiro atoms. The number of hydrogen-bond acceptors (Lipinski definition) is 4. The molecule has 1 heterocycles. The minimum Gasteiger partial charge on any atom is -0.463 e. The Morgan fingerprint density at radius 3 is 2.73 bits per heavy atom. The Morgan fingerprint density at radius 1 is 1.55 bits per heavy atom. The SMILES string of the molecule is Cc1nnc(OCC(F)F)s1. The van der Waals surface area contributed by atoms with Crippen LogP contribution in [-0.2, 0) is 0 Å². The van der Waals surface area contributed by atoms with E-state index in [1.807, 2.05) is 0 Å². The lowest BCUT2D eigenvalue weighted by atomic mass is 10.8. The first kappa shape index (κ1) is 8.32. The van der Waals surface area contributed by atoms with Crippen LogP contribution >= 0.6 is 11.3 Å². The molecule has 1 aromatic heterocycles. The smallest absolute Gasteiger partial charge is 0.294 e. The Labute approximate surface area is 66.0 Å². The summed E-state index contributed by atoms with van der Waals surface area (Å²) in [5, 5.41) is 7.99. The summed E-state index contributed by atoms with van der Waals surface area (Å²) in [6, 6.07) is 0. The molecule has 0 amide bonds. The zero-order chi connectivity index (χ0) is 8.27. The highest BCUT2D eigenvalue weighted by atomic mass is 32.1. The fraction of sp³-hybridized carbons (Fsp3) is 0.600. The van der Waals surface area contributed by atoms with E-state index in [0.29, 0.717) is 5.01 Å². The molecule has 11 heavy (non-hydrogen) atoms. The molecule has 1 rings (SSSR count). The summed E-state index contributed by atoms with van der Waals surface area (Å²) >= 11 is 1.15. The minimum absolute atomic E-state index is 0.197. The maximum atomic E-state index is 11.6. The molecule has 0 fully saturated rings. The van der Waals surface area contributed by atoms with Crippen LogP contribution in [0.25, 0.3) is 0 Å². The Kier molecular flexibility index (Phi) is 2.70. The van der Waals surface area contributed by atoms with Gasteiger partial charge in [-0.05, 0) is 6.92 Å². The summed E-state index contributed by atoms with van der Waals surface area (Å²) in [7, 11) is 0. The van der Waals surface area contributed by atoms with Crippen LogP contribution in [0, 0.1) is 6.92 Å². The maximum Gasteiger partial charge on any atom is 0.294 e. The van der Waals surface area contributed by atoms with Crippen molar-refractivity contribution >= 4 is 11.3 Å². The van der Waals surface area contributed by atoms with Crippen molar-refractivity contribution in [1.29, 1.82) is 0 Å². The second-order valence-electron chi connectivity index (χ2n) is 1.79. The molecule has 0 atom stereocenters. The number of rotatable bonds is 3. The summed E-state index contributed by atoms with van der Waals surface area (Å²) in [6.45, 7) is 1.11. The van der Waals surface area contributed by atoms with Crippen molar-refractivity contribution in [3.05, 3.63) is 5.01 Å². The Hall–Kier alpha value is -0.780. The lowest BCUT2D eigenvalue weighted by Gasteiger charge is -1.97.